The van der Waals surface area contributed by atoms with Crippen molar-refractivity contribution in [1.82, 2.24) is 15.1 Å². The largest absolute Gasteiger partial charge is 0.497 e. The van der Waals surface area contributed by atoms with Crippen molar-refractivity contribution >= 4 is 29.3 Å². The third-order valence-corrected chi connectivity index (χ3v) is 8.26. The van der Waals surface area contributed by atoms with Gasteiger partial charge >= 0.3 is 12.1 Å². The van der Waals surface area contributed by atoms with Crippen LogP contribution < -0.4 is 25.4 Å². The Morgan fingerprint density at radius 2 is 1.77 bits per heavy atom. The average Bonchev–Trinajstić information content (AvgIpc) is 3.04. The molecule has 1 aliphatic heterocycles. The van der Waals surface area contributed by atoms with Crippen molar-refractivity contribution in [3.63, 3.8) is 0 Å². The maximum absolute atomic E-state index is 13.5. The Bertz CT molecular complexity index is 1250. The smallest absolute Gasteiger partial charge is 0.323 e. The summed E-state index contributed by atoms with van der Waals surface area (Å²) in [6.07, 6.45) is 5.06. The number of methoxy groups -OCH3 is 1. The van der Waals surface area contributed by atoms with E-state index in [1.54, 1.807) is 66.4 Å². The van der Waals surface area contributed by atoms with Crippen LogP contribution in [0.2, 0.25) is 0 Å². The monoisotopic (exact) mass is 595 g/mol. The topological polar surface area (TPSA) is 132 Å². The van der Waals surface area contributed by atoms with Gasteiger partial charge in [0.1, 0.15) is 17.6 Å². The van der Waals surface area contributed by atoms with Gasteiger partial charge in [0.15, 0.2) is 0 Å². The molecule has 0 spiro atoms. The van der Waals surface area contributed by atoms with E-state index < -0.39 is 12.1 Å². The molecular weight excluding hydrogens is 550 g/mol. The molecule has 1 heterocycles. The number of nitrogens with zero attached hydrogens (tertiary/aromatic N) is 2. The number of fused-ring (bicyclic) bond motifs is 1. The summed E-state index contributed by atoms with van der Waals surface area (Å²) in [4.78, 5) is 42.6. The summed E-state index contributed by atoms with van der Waals surface area (Å²) in [5.41, 5.74) is 1.70. The zero-order valence-electron chi connectivity index (χ0n) is 25.6. The zero-order chi connectivity index (χ0) is 30.9. The first-order valence-electron chi connectivity index (χ1n) is 15.1. The van der Waals surface area contributed by atoms with Gasteiger partial charge in [-0.2, -0.15) is 0 Å². The van der Waals surface area contributed by atoms with Gasteiger partial charge in [-0.3, -0.25) is 4.79 Å². The van der Waals surface area contributed by atoms with Gasteiger partial charge in [0, 0.05) is 42.5 Å². The molecule has 0 unspecified atom stereocenters. The molecule has 0 radical (unpaired) electrons. The molecule has 0 saturated heterocycles. The number of aliphatic hydroxyl groups excluding tert-OH is 1. The van der Waals surface area contributed by atoms with Gasteiger partial charge in [0.2, 0.25) is 5.91 Å². The van der Waals surface area contributed by atoms with E-state index in [4.69, 9.17) is 9.47 Å². The molecular formula is C32H45N5O6. The fourth-order valence-corrected chi connectivity index (χ4v) is 5.58. The number of hydrogen-bond donors (Lipinski definition) is 4. The summed E-state index contributed by atoms with van der Waals surface area (Å²) >= 11 is 0. The molecule has 1 fully saturated rings. The highest BCUT2D eigenvalue weighted by atomic mass is 16.5. The van der Waals surface area contributed by atoms with Crippen LogP contribution in [0.3, 0.4) is 0 Å². The summed E-state index contributed by atoms with van der Waals surface area (Å²) in [7, 11) is 3.33. The predicted octanol–water partition coefficient (Wildman–Crippen LogP) is 4.46. The summed E-state index contributed by atoms with van der Waals surface area (Å²) in [6, 6.07) is 11.4. The third-order valence-electron chi connectivity index (χ3n) is 8.26. The van der Waals surface area contributed by atoms with Crippen LogP contribution in [0.1, 0.15) is 51.5 Å². The number of aliphatic hydroxyl groups is 1. The maximum Gasteiger partial charge on any atom is 0.323 e. The molecule has 4 N–H and O–H groups in total. The van der Waals surface area contributed by atoms with Crippen LogP contribution in [-0.4, -0.2) is 84.9 Å². The molecule has 0 aromatic heterocycles. The van der Waals surface area contributed by atoms with E-state index in [1.165, 1.54) is 6.42 Å². The van der Waals surface area contributed by atoms with E-state index in [1.807, 2.05) is 13.8 Å². The average molecular weight is 596 g/mol. The highest BCUT2D eigenvalue weighted by Gasteiger charge is 2.32. The van der Waals surface area contributed by atoms with Crippen LogP contribution in [0.5, 0.6) is 11.5 Å². The maximum atomic E-state index is 13.5. The van der Waals surface area contributed by atoms with E-state index in [0.717, 1.165) is 25.7 Å². The standard InChI is InChI=1S/C32H45N5O6/c1-21-18-37(22(2)20-38)30(39)17-23-16-26(34-31(40)33-25-10-13-27(42-4)14-11-25)12-15-28(23)43-29(21)19-36(3)32(41)35-24-8-6-5-7-9-24/h10-16,21-22,24,29,38H,5-9,17-20H2,1-4H3,(H,35,41)(H2,33,34,40)/t21-,22-,29+/m1/s1. The predicted molar refractivity (Wildman–Crippen MR) is 166 cm³/mol. The normalized spacial score (nSPS) is 19.9. The number of likely N-dealkylation sites (N-methyl/N-ethyl adjacent to an activating group) is 1. The van der Waals surface area contributed by atoms with Crippen molar-refractivity contribution in [1.29, 1.82) is 0 Å². The molecule has 4 rings (SSSR count). The second kappa shape index (κ2) is 15.0. The summed E-state index contributed by atoms with van der Waals surface area (Å²) in [5.74, 6) is 0.913. The highest BCUT2D eigenvalue weighted by molar-refractivity contribution is 6.00. The zero-order valence-corrected chi connectivity index (χ0v) is 25.6. The SMILES string of the molecule is COc1ccc(NC(=O)Nc2ccc3c(c2)CC(=O)N([C@H](C)CO)C[C@@H](C)[C@H](CN(C)C(=O)NC2CCCCC2)O3)cc1. The van der Waals surface area contributed by atoms with Crippen LogP contribution in [-0.2, 0) is 11.2 Å². The Morgan fingerprint density at radius 1 is 1.09 bits per heavy atom. The Hall–Kier alpha value is -3.99. The lowest BCUT2D eigenvalue weighted by Crippen LogP contribution is -2.50. The lowest BCUT2D eigenvalue weighted by Gasteiger charge is -2.34. The van der Waals surface area contributed by atoms with Crippen molar-refractivity contribution in [2.24, 2.45) is 5.92 Å². The Balaban J connectivity index is 1.52. The number of ether oxygens (including phenoxy) is 2. The van der Waals surface area contributed by atoms with Gasteiger partial charge in [-0.25, -0.2) is 9.59 Å². The van der Waals surface area contributed by atoms with Gasteiger partial charge in [-0.15, -0.1) is 0 Å². The van der Waals surface area contributed by atoms with E-state index in [0.29, 0.717) is 41.5 Å². The molecule has 2 aromatic carbocycles. The lowest BCUT2D eigenvalue weighted by molar-refractivity contribution is -0.134. The van der Waals surface area contributed by atoms with Gasteiger partial charge in [0.05, 0.1) is 32.7 Å². The van der Waals surface area contributed by atoms with Gasteiger partial charge in [-0.05, 0) is 62.2 Å². The van der Waals surface area contributed by atoms with Crippen LogP contribution in [0.4, 0.5) is 21.0 Å². The molecule has 1 saturated carbocycles. The minimum atomic E-state index is -0.437. The highest BCUT2D eigenvalue weighted by Crippen LogP contribution is 2.29. The molecule has 234 valence electrons. The van der Waals surface area contributed by atoms with Crippen molar-refractivity contribution in [3.05, 3.63) is 48.0 Å². The first kappa shape index (κ1) is 31.9. The number of benzene rings is 2. The molecule has 11 nitrogen and oxygen atoms in total. The van der Waals surface area contributed by atoms with Crippen molar-refractivity contribution in [2.45, 2.75) is 70.6 Å². The Labute approximate surface area is 253 Å². The molecule has 0 bridgehead atoms. The number of urea groups is 2. The van der Waals surface area contributed by atoms with E-state index in [2.05, 4.69) is 16.0 Å². The Kier molecular flexibility index (Phi) is 11.1. The number of nitrogens with one attached hydrogen (secondary N) is 3. The van der Waals surface area contributed by atoms with Crippen LogP contribution in [0.15, 0.2) is 42.5 Å². The number of carbonyl (C=O) groups is 3. The lowest BCUT2D eigenvalue weighted by atomic mass is 9.96. The third kappa shape index (κ3) is 8.76. The van der Waals surface area contributed by atoms with Crippen molar-refractivity contribution in [2.75, 3.05) is 44.5 Å². The molecule has 2 aromatic rings. The molecule has 2 aliphatic rings. The Morgan fingerprint density at radius 3 is 2.44 bits per heavy atom. The second-order valence-corrected chi connectivity index (χ2v) is 11.7. The summed E-state index contributed by atoms with van der Waals surface area (Å²) in [6.45, 7) is 4.32. The number of hydrogen-bond acceptors (Lipinski definition) is 6. The molecule has 5 amide bonds. The van der Waals surface area contributed by atoms with Crippen LogP contribution >= 0.6 is 0 Å². The van der Waals surface area contributed by atoms with Gasteiger partial charge in [-0.1, -0.05) is 26.2 Å². The van der Waals surface area contributed by atoms with Crippen molar-refractivity contribution in [3.8, 4) is 11.5 Å². The van der Waals surface area contributed by atoms with E-state index in [9.17, 15) is 19.5 Å². The molecule has 11 heteroatoms. The van der Waals surface area contributed by atoms with Gasteiger partial charge < -0.3 is 40.3 Å². The number of anilines is 2. The number of carbonyl (C=O) groups excluding carboxylic acids is 3. The minimum Gasteiger partial charge on any atom is -0.497 e. The first-order valence-corrected chi connectivity index (χ1v) is 15.1. The number of rotatable bonds is 8. The fourth-order valence-electron chi connectivity index (χ4n) is 5.58. The second-order valence-electron chi connectivity index (χ2n) is 11.7. The fraction of sp³-hybridized carbons (Fsp3) is 0.531. The molecule has 1 aliphatic carbocycles. The van der Waals surface area contributed by atoms with Crippen molar-refractivity contribution < 1.29 is 29.0 Å². The summed E-state index contributed by atoms with van der Waals surface area (Å²) in [5, 5.41) is 18.7. The quantitative estimate of drug-likeness (QED) is 0.356. The van der Waals surface area contributed by atoms with Gasteiger partial charge in [0.25, 0.3) is 0 Å². The number of amides is 5. The van der Waals surface area contributed by atoms with Crippen LogP contribution in [0, 0.1) is 5.92 Å². The first-order chi connectivity index (χ1) is 20.7. The molecule has 3 atom stereocenters. The van der Waals surface area contributed by atoms with Crippen LogP contribution in [0.25, 0.3) is 0 Å². The molecule has 43 heavy (non-hydrogen) atoms. The summed E-state index contributed by atoms with van der Waals surface area (Å²) < 4.78 is 11.7. The van der Waals surface area contributed by atoms with E-state index >= 15 is 0 Å². The minimum absolute atomic E-state index is 0.0345. The van der Waals surface area contributed by atoms with E-state index in [-0.39, 0.29) is 43.0 Å².